The highest BCUT2D eigenvalue weighted by atomic mass is 35.5. The predicted octanol–water partition coefficient (Wildman–Crippen LogP) is 4.27. The number of aromatic nitrogens is 2. The van der Waals surface area contributed by atoms with Gasteiger partial charge in [-0.05, 0) is 49.3 Å². The van der Waals surface area contributed by atoms with E-state index in [9.17, 15) is 9.18 Å². The third-order valence-electron chi connectivity index (χ3n) is 4.59. The number of aliphatic carboxylic acids is 1. The van der Waals surface area contributed by atoms with Crippen molar-refractivity contribution in [2.45, 2.75) is 44.6 Å². The second kappa shape index (κ2) is 8.45. The molecule has 1 N–H and O–H groups in total. The van der Waals surface area contributed by atoms with Gasteiger partial charge in [0, 0.05) is 30.1 Å². The molecule has 0 spiro atoms. The van der Waals surface area contributed by atoms with Crippen LogP contribution in [-0.2, 0) is 11.2 Å². The van der Waals surface area contributed by atoms with Gasteiger partial charge in [-0.2, -0.15) is 4.98 Å². The molecule has 2 aromatic rings. The second-order valence-electron chi connectivity index (χ2n) is 6.58. The van der Waals surface area contributed by atoms with Crippen molar-refractivity contribution in [2.24, 2.45) is 5.92 Å². The van der Waals surface area contributed by atoms with Crippen LogP contribution in [0, 0.1) is 11.7 Å². The van der Waals surface area contributed by atoms with Gasteiger partial charge in [0.2, 0.25) is 5.88 Å². The normalized spacial score (nSPS) is 19.9. The van der Waals surface area contributed by atoms with Crippen LogP contribution in [0.2, 0.25) is 5.02 Å². The van der Waals surface area contributed by atoms with Crippen LogP contribution in [0.5, 0.6) is 5.88 Å². The number of nitrogens with zero attached hydrogens (tertiary/aromatic N) is 2. The molecular formula is C19H20ClFN2O3. The van der Waals surface area contributed by atoms with E-state index in [2.05, 4.69) is 9.97 Å². The number of carboxylic acids is 1. The zero-order valence-electron chi connectivity index (χ0n) is 14.2. The van der Waals surface area contributed by atoms with E-state index in [1.807, 2.05) is 0 Å². The fraction of sp³-hybridized carbons (Fsp3) is 0.421. The first-order valence-corrected chi connectivity index (χ1v) is 9.01. The molecule has 1 aromatic carbocycles. The van der Waals surface area contributed by atoms with Crippen LogP contribution in [0.3, 0.4) is 0 Å². The molecule has 1 aliphatic rings. The van der Waals surface area contributed by atoms with Crippen LogP contribution < -0.4 is 4.74 Å². The lowest BCUT2D eigenvalue weighted by atomic mass is 9.85. The van der Waals surface area contributed by atoms with E-state index in [1.165, 1.54) is 6.07 Å². The molecule has 1 aromatic heterocycles. The maximum absolute atomic E-state index is 13.9. The Morgan fingerprint density at radius 3 is 2.73 bits per heavy atom. The predicted molar refractivity (Wildman–Crippen MR) is 94.9 cm³/mol. The summed E-state index contributed by atoms with van der Waals surface area (Å²) in [6.07, 6.45) is 5.39. The fourth-order valence-corrected chi connectivity index (χ4v) is 3.40. The summed E-state index contributed by atoms with van der Waals surface area (Å²) in [6.45, 7) is 0. The summed E-state index contributed by atoms with van der Waals surface area (Å²) in [6, 6.07) is 6.21. The number of carbonyl (C=O) groups is 1. The van der Waals surface area contributed by atoms with Gasteiger partial charge in [0.05, 0.1) is 0 Å². The Labute approximate surface area is 156 Å². The molecule has 7 heteroatoms. The van der Waals surface area contributed by atoms with Crippen molar-refractivity contribution in [3.63, 3.8) is 0 Å². The molecule has 3 rings (SSSR count). The minimum atomic E-state index is -0.746. The van der Waals surface area contributed by atoms with E-state index in [-0.39, 0.29) is 30.7 Å². The SMILES string of the molecule is O=C(O)CC1CCC(Oc2ccnc(Cc3ccc(Cl)cc3F)n2)CC1. The van der Waals surface area contributed by atoms with Crippen molar-refractivity contribution in [2.75, 3.05) is 0 Å². The Morgan fingerprint density at radius 1 is 1.27 bits per heavy atom. The number of hydrogen-bond donors (Lipinski definition) is 1. The molecule has 0 aliphatic heterocycles. The number of halogens is 2. The maximum Gasteiger partial charge on any atom is 0.303 e. The third kappa shape index (κ3) is 5.14. The maximum atomic E-state index is 13.9. The number of carboxylic acid groups (broad SMARTS) is 1. The van der Waals surface area contributed by atoms with Crippen LogP contribution in [0.1, 0.15) is 43.5 Å². The van der Waals surface area contributed by atoms with Crippen LogP contribution in [-0.4, -0.2) is 27.1 Å². The molecule has 0 saturated heterocycles. The van der Waals surface area contributed by atoms with Gasteiger partial charge in [0.1, 0.15) is 17.7 Å². The average Bonchev–Trinajstić information content (AvgIpc) is 2.59. The van der Waals surface area contributed by atoms with Crippen LogP contribution in [0.15, 0.2) is 30.5 Å². The highest BCUT2D eigenvalue weighted by Gasteiger charge is 2.24. The molecule has 0 bridgehead atoms. The van der Waals surface area contributed by atoms with Gasteiger partial charge >= 0.3 is 5.97 Å². The van der Waals surface area contributed by atoms with Crippen molar-refractivity contribution in [1.29, 1.82) is 0 Å². The molecule has 26 heavy (non-hydrogen) atoms. The van der Waals surface area contributed by atoms with Crippen LogP contribution >= 0.6 is 11.6 Å². The van der Waals surface area contributed by atoms with Gasteiger partial charge in [-0.1, -0.05) is 17.7 Å². The Kier molecular flexibility index (Phi) is 6.04. The van der Waals surface area contributed by atoms with Gasteiger partial charge in [0.15, 0.2) is 0 Å². The van der Waals surface area contributed by atoms with E-state index in [0.717, 1.165) is 25.7 Å². The lowest BCUT2D eigenvalue weighted by Gasteiger charge is -2.27. The molecule has 1 heterocycles. The van der Waals surface area contributed by atoms with Crippen molar-refractivity contribution in [3.8, 4) is 5.88 Å². The first-order chi connectivity index (χ1) is 12.5. The second-order valence-corrected chi connectivity index (χ2v) is 7.02. The number of rotatable bonds is 6. The van der Waals surface area contributed by atoms with Gasteiger partial charge in [-0.3, -0.25) is 4.79 Å². The lowest BCUT2D eigenvalue weighted by Crippen LogP contribution is -2.25. The van der Waals surface area contributed by atoms with E-state index >= 15 is 0 Å². The van der Waals surface area contributed by atoms with Gasteiger partial charge < -0.3 is 9.84 Å². The third-order valence-corrected chi connectivity index (χ3v) is 4.82. The molecule has 138 valence electrons. The van der Waals surface area contributed by atoms with Crippen molar-refractivity contribution in [3.05, 3.63) is 52.7 Å². The smallest absolute Gasteiger partial charge is 0.303 e. The lowest BCUT2D eigenvalue weighted by molar-refractivity contribution is -0.138. The van der Waals surface area contributed by atoms with E-state index in [0.29, 0.717) is 22.3 Å². The summed E-state index contributed by atoms with van der Waals surface area (Å²) in [5.74, 6) is 0.0314. The number of hydrogen-bond acceptors (Lipinski definition) is 4. The number of benzene rings is 1. The Hall–Kier alpha value is -2.21. The molecule has 1 aliphatic carbocycles. The van der Waals surface area contributed by atoms with E-state index < -0.39 is 5.97 Å². The van der Waals surface area contributed by atoms with E-state index in [1.54, 1.807) is 24.4 Å². The highest BCUT2D eigenvalue weighted by Crippen LogP contribution is 2.29. The first kappa shape index (κ1) is 18.6. The van der Waals surface area contributed by atoms with Crippen LogP contribution in [0.25, 0.3) is 0 Å². The van der Waals surface area contributed by atoms with E-state index in [4.69, 9.17) is 21.4 Å². The number of ether oxygens (including phenoxy) is 1. The largest absolute Gasteiger partial charge is 0.481 e. The molecule has 0 unspecified atom stereocenters. The highest BCUT2D eigenvalue weighted by molar-refractivity contribution is 6.30. The zero-order valence-corrected chi connectivity index (χ0v) is 15.0. The molecule has 0 amide bonds. The summed E-state index contributed by atoms with van der Waals surface area (Å²) in [4.78, 5) is 19.3. The summed E-state index contributed by atoms with van der Waals surface area (Å²) < 4.78 is 19.8. The molecule has 5 nitrogen and oxygen atoms in total. The standard InChI is InChI=1S/C19H20ClFN2O3/c20-14-4-3-13(16(21)11-14)10-17-22-8-7-18(23-17)26-15-5-1-12(2-6-15)9-19(24)25/h3-4,7-8,11-12,15H,1-2,5-6,9-10H2,(H,24,25). The Morgan fingerprint density at radius 2 is 2.04 bits per heavy atom. The molecular weight excluding hydrogens is 359 g/mol. The van der Waals surface area contributed by atoms with Crippen LogP contribution in [0.4, 0.5) is 4.39 Å². The zero-order chi connectivity index (χ0) is 18.5. The summed E-state index contributed by atoms with van der Waals surface area (Å²) in [5, 5.41) is 9.22. The molecule has 1 saturated carbocycles. The molecule has 1 fully saturated rings. The minimum Gasteiger partial charge on any atom is -0.481 e. The first-order valence-electron chi connectivity index (χ1n) is 8.64. The molecule has 0 radical (unpaired) electrons. The Balaban J connectivity index is 1.59. The fourth-order valence-electron chi connectivity index (χ4n) is 3.24. The van der Waals surface area contributed by atoms with Gasteiger partial charge in [-0.25, -0.2) is 9.37 Å². The van der Waals surface area contributed by atoms with Crippen molar-refractivity contribution < 1.29 is 19.0 Å². The summed E-state index contributed by atoms with van der Waals surface area (Å²) >= 11 is 5.77. The monoisotopic (exact) mass is 378 g/mol. The summed E-state index contributed by atoms with van der Waals surface area (Å²) in [7, 11) is 0. The van der Waals surface area contributed by atoms with Gasteiger partial charge in [0.25, 0.3) is 0 Å². The van der Waals surface area contributed by atoms with Gasteiger partial charge in [-0.15, -0.1) is 0 Å². The van der Waals surface area contributed by atoms with Crippen molar-refractivity contribution >= 4 is 17.6 Å². The molecule has 0 atom stereocenters. The topological polar surface area (TPSA) is 72.3 Å². The average molecular weight is 379 g/mol. The van der Waals surface area contributed by atoms with Crippen molar-refractivity contribution in [1.82, 2.24) is 9.97 Å². The minimum absolute atomic E-state index is 0.0232. The Bertz CT molecular complexity index is 779. The summed E-state index contributed by atoms with van der Waals surface area (Å²) in [5.41, 5.74) is 0.473. The quantitative estimate of drug-likeness (QED) is 0.812.